The molecule has 1 saturated heterocycles. The SMILES string of the molecule is C/C=C1\COCC1CC(=O)c1ccccc1. The molecule has 84 valence electrons. The number of hydrogen-bond acceptors (Lipinski definition) is 2. The molecule has 0 aromatic heterocycles. The molecule has 0 N–H and O–H groups in total. The molecule has 0 spiro atoms. The average molecular weight is 216 g/mol. The molecule has 16 heavy (non-hydrogen) atoms. The molecule has 0 saturated carbocycles. The predicted octanol–water partition coefficient (Wildman–Crippen LogP) is 2.85. The van der Waals surface area contributed by atoms with Crippen LogP contribution < -0.4 is 0 Å². The molecule has 1 aliphatic rings. The van der Waals surface area contributed by atoms with Gasteiger partial charge in [-0.3, -0.25) is 4.79 Å². The molecular weight excluding hydrogens is 200 g/mol. The summed E-state index contributed by atoms with van der Waals surface area (Å²) in [6.07, 6.45) is 2.62. The summed E-state index contributed by atoms with van der Waals surface area (Å²) in [7, 11) is 0. The molecule has 0 aliphatic carbocycles. The van der Waals surface area contributed by atoms with Gasteiger partial charge in [0.15, 0.2) is 5.78 Å². The lowest BCUT2D eigenvalue weighted by Gasteiger charge is -2.08. The molecule has 2 rings (SSSR count). The van der Waals surface area contributed by atoms with Gasteiger partial charge in [0.2, 0.25) is 0 Å². The van der Waals surface area contributed by atoms with Gasteiger partial charge in [-0.25, -0.2) is 0 Å². The van der Waals surface area contributed by atoms with Crippen molar-refractivity contribution < 1.29 is 9.53 Å². The van der Waals surface area contributed by atoms with Gasteiger partial charge in [-0.1, -0.05) is 36.4 Å². The number of allylic oxidation sites excluding steroid dienone is 1. The van der Waals surface area contributed by atoms with E-state index in [1.807, 2.05) is 37.3 Å². The molecule has 1 aliphatic heterocycles. The van der Waals surface area contributed by atoms with Crippen LogP contribution in [0.3, 0.4) is 0 Å². The fraction of sp³-hybridized carbons (Fsp3) is 0.357. The average Bonchev–Trinajstić information content (AvgIpc) is 2.77. The van der Waals surface area contributed by atoms with Crippen LogP contribution in [0.1, 0.15) is 23.7 Å². The Morgan fingerprint density at radius 2 is 2.19 bits per heavy atom. The second kappa shape index (κ2) is 5.08. The van der Waals surface area contributed by atoms with Crippen molar-refractivity contribution in [2.45, 2.75) is 13.3 Å². The minimum Gasteiger partial charge on any atom is -0.376 e. The number of hydrogen-bond donors (Lipinski definition) is 0. The van der Waals surface area contributed by atoms with E-state index in [9.17, 15) is 4.79 Å². The summed E-state index contributed by atoms with van der Waals surface area (Å²) in [6, 6.07) is 9.46. The summed E-state index contributed by atoms with van der Waals surface area (Å²) in [5.74, 6) is 0.480. The number of ketones is 1. The summed E-state index contributed by atoms with van der Waals surface area (Å²) in [6.45, 7) is 3.37. The van der Waals surface area contributed by atoms with Crippen LogP contribution in [-0.2, 0) is 4.74 Å². The topological polar surface area (TPSA) is 26.3 Å². The molecule has 0 bridgehead atoms. The van der Waals surface area contributed by atoms with Crippen LogP contribution in [0.2, 0.25) is 0 Å². The maximum Gasteiger partial charge on any atom is 0.163 e. The monoisotopic (exact) mass is 216 g/mol. The second-order valence-electron chi connectivity index (χ2n) is 4.07. The zero-order chi connectivity index (χ0) is 11.4. The van der Waals surface area contributed by atoms with E-state index >= 15 is 0 Å². The van der Waals surface area contributed by atoms with Crippen LogP contribution in [0, 0.1) is 5.92 Å². The van der Waals surface area contributed by atoms with E-state index in [2.05, 4.69) is 6.08 Å². The van der Waals surface area contributed by atoms with Gasteiger partial charge in [0.25, 0.3) is 0 Å². The summed E-state index contributed by atoms with van der Waals surface area (Å²) < 4.78 is 5.38. The molecule has 1 heterocycles. The molecular formula is C14H16O2. The summed E-state index contributed by atoms with van der Waals surface area (Å²) in [5.41, 5.74) is 2.05. The van der Waals surface area contributed by atoms with Crippen LogP contribution in [0.15, 0.2) is 42.0 Å². The standard InChI is InChI=1S/C14H16O2/c1-2-11-9-16-10-13(11)8-14(15)12-6-4-3-5-7-12/h2-7,13H,8-10H2,1H3/b11-2+. The van der Waals surface area contributed by atoms with Gasteiger partial charge in [0.05, 0.1) is 13.2 Å². The maximum atomic E-state index is 12.0. The lowest BCUT2D eigenvalue weighted by molar-refractivity contribution is 0.0955. The first-order valence-electron chi connectivity index (χ1n) is 5.62. The Kier molecular flexibility index (Phi) is 3.52. The van der Waals surface area contributed by atoms with Gasteiger partial charge in [-0.2, -0.15) is 0 Å². The quantitative estimate of drug-likeness (QED) is 0.573. The Labute approximate surface area is 95.9 Å². The first kappa shape index (κ1) is 11.1. The zero-order valence-electron chi connectivity index (χ0n) is 9.48. The van der Waals surface area contributed by atoms with E-state index in [0.717, 1.165) is 5.56 Å². The van der Waals surface area contributed by atoms with Crippen molar-refractivity contribution in [3.05, 3.63) is 47.5 Å². The highest BCUT2D eigenvalue weighted by molar-refractivity contribution is 5.96. The maximum absolute atomic E-state index is 12.0. The van der Waals surface area contributed by atoms with Crippen molar-refractivity contribution in [1.82, 2.24) is 0 Å². The molecule has 0 radical (unpaired) electrons. The summed E-state index contributed by atoms with van der Waals surface area (Å²) in [5, 5.41) is 0. The molecule has 1 unspecified atom stereocenters. The van der Waals surface area contributed by atoms with Crippen molar-refractivity contribution in [2.75, 3.05) is 13.2 Å². The second-order valence-corrected chi connectivity index (χ2v) is 4.07. The largest absolute Gasteiger partial charge is 0.376 e. The highest BCUT2D eigenvalue weighted by Gasteiger charge is 2.23. The van der Waals surface area contributed by atoms with Crippen LogP contribution >= 0.6 is 0 Å². The predicted molar refractivity (Wildman–Crippen MR) is 63.5 cm³/mol. The Morgan fingerprint density at radius 1 is 1.44 bits per heavy atom. The van der Waals surface area contributed by atoms with Crippen molar-refractivity contribution in [3.63, 3.8) is 0 Å². The molecule has 1 atom stereocenters. The fourth-order valence-corrected chi connectivity index (χ4v) is 2.02. The summed E-state index contributed by atoms with van der Waals surface area (Å²) in [4.78, 5) is 12.0. The third-order valence-corrected chi connectivity index (χ3v) is 3.01. The van der Waals surface area contributed by atoms with Crippen molar-refractivity contribution in [1.29, 1.82) is 0 Å². The Balaban J connectivity index is 2.03. The third kappa shape index (κ3) is 2.39. The number of Topliss-reactive ketones (excluding diaryl/α,β-unsaturated/α-hetero) is 1. The van der Waals surface area contributed by atoms with E-state index in [0.29, 0.717) is 19.6 Å². The van der Waals surface area contributed by atoms with Gasteiger partial charge in [-0.05, 0) is 12.5 Å². The molecule has 0 amide bonds. The lowest BCUT2D eigenvalue weighted by atomic mass is 9.94. The van der Waals surface area contributed by atoms with Crippen LogP contribution in [0.5, 0.6) is 0 Å². The highest BCUT2D eigenvalue weighted by atomic mass is 16.5. The first-order chi connectivity index (χ1) is 7.81. The lowest BCUT2D eigenvalue weighted by Crippen LogP contribution is -2.10. The van der Waals surface area contributed by atoms with Crippen molar-refractivity contribution in [3.8, 4) is 0 Å². The Bertz CT molecular complexity index is 392. The number of ether oxygens (including phenoxy) is 1. The first-order valence-corrected chi connectivity index (χ1v) is 5.62. The van der Waals surface area contributed by atoms with Gasteiger partial charge < -0.3 is 4.74 Å². The van der Waals surface area contributed by atoms with Crippen molar-refractivity contribution in [2.24, 2.45) is 5.92 Å². The van der Waals surface area contributed by atoms with Crippen LogP contribution in [0.25, 0.3) is 0 Å². The minimum atomic E-state index is 0.204. The smallest absolute Gasteiger partial charge is 0.163 e. The fourth-order valence-electron chi connectivity index (χ4n) is 2.02. The highest BCUT2D eigenvalue weighted by Crippen LogP contribution is 2.24. The Hall–Kier alpha value is -1.41. The molecule has 1 fully saturated rings. The van der Waals surface area contributed by atoms with Gasteiger partial charge in [-0.15, -0.1) is 0 Å². The summed E-state index contributed by atoms with van der Waals surface area (Å²) >= 11 is 0. The molecule has 1 aromatic carbocycles. The van der Waals surface area contributed by atoms with Crippen molar-refractivity contribution >= 4 is 5.78 Å². The van der Waals surface area contributed by atoms with E-state index in [4.69, 9.17) is 4.74 Å². The van der Waals surface area contributed by atoms with E-state index in [1.54, 1.807) is 0 Å². The Morgan fingerprint density at radius 3 is 2.88 bits per heavy atom. The number of rotatable bonds is 3. The third-order valence-electron chi connectivity index (χ3n) is 3.01. The van der Waals surface area contributed by atoms with Gasteiger partial charge in [0.1, 0.15) is 0 Å². The van der Waals surface area contributed by atoms with E-state index < -0.39 is 0 Å². The normalized spacial score (nSPS) is 22.6. The zero-order valence-corrected chi connectivity index (χ0v) is 9.48. The van der Waals surface area contributed by atoms with Gasteiger partial charge >= 0.3 is 0 Å². The number of carbonyl (C=O) groups excluding carboxylic acids is 1. The minimum absolute atomic E-state index is 0.204. The van der Waals surface area contributed by atoms with E-state index in [1.165, 1.54) is 5.57 Å². The van der Waals surface area contributed by atoms with Crippen LogP contribution in [0.4, 0.5) is 0 Å². The molecule has 1 aromatic rings. The van der Waals surface area contributed by atoms with Crippen LogP contribution in [-0.4, -0.2) is 19.0 Å². The van der Waals surface area contributed by atoms with Gasteiger partial charge in [0, 0.05) is 17.9 Å². The van der Waals surface area contributed by atoms with E-state index in [-0.39, 0.29) is 11.7 Å². The number of carbonyl (C=O) groups is 1. The molecule has 2 nitrogen and oxygen atoms in total. The molecule has 2 heteroatoms. The number of benzene rings is 1.